The molecule has 1 aliphatic rings. The van der Waals surface area contributed by atoms with Crippen LogP contribution in [0.2, 0.25) is 5.82 Å². The Morgan fingerprint density at radius 2 is 1.27 bits per heavy atom. The minimum Gasteiger partial charge on any atom is -0.326 e. The van der Waals surface area contributed by atoms with Crippen LogP contribution in [0.5, 0.6) is 0 Å². The summed E-state index contributed by atoms with van der Waals surface area (Å²) in [6, 6.07) is 52.9. The van der Waals surface area contributed by atoms with Gasteiger partial charge in [-0.05, 0) is 29.5 Å². The number of imidazole rings is 1. The molecule has 0 aliphatic heterocycles. The number of nitrogens with zero attached hydrogens (tertiary/aromatic N) is 2. The summed E-state index contributed by atoms with van der Waals surface area (Å²) in [6.45, 7) is 2.87. The van der Waals surface area contributed by atoms with Crippen LogP contribution in [0.15, 0.2) is 164 Å². The van der Waals surface area contributed by atoms with Gasteiger partial charge in [-0.1, -0.05) is 194 Å². The summed E-state index contributed by atoms with van der Waals surface area (Å²) >= 11 is 0. The fourth-order valence-electron chi connectivity index (χ4n) is 6.73. The maximum Gasteiger partial charge on any atom is 0.212 e. The monoisotopic (exact) mass is 602 g/mol. The van der Waals surface area contributed by atoms with Crippen LogP contribution < -0.4 is 16.1 Å². The standard InChI is InChI=1S/C26H28N2Si.C15H15B/c1-2-3-11-22-12-10-17-25(20-22)29-26(28-19-18-27-21-28,23-13-6-4-7-14-23)24-15-8-5-9-16-24;1-3-7-13(8-4-1)16(15-11-12-15)14-9-5-2-6-10-14/h4-10,12-21H,2-3,11,29H2,1H3;1-10,15H,11-12H2. The molecule has 0 saturated heterocycles. The Morgan fingerprint density at radius 1 is 0.711 bits per heavy atom. The van der Waals surface area contributed by atoms with Gasteiger partial charge in [0.05, 0.1) is 21.0 Å². The summed E-state index contributed by atoms with van der Waals surface area (Å²) in [6.07, 6.45) is 12.4. The molecule has 0 bridgehead atoms. The number of hydrogen-bond acceptors (Lipinski definition) is 1. The Labute approximate surface area is 272 Å². The fourth-order valence-corrected chi connectivity index (χ4v) is 9.19. The van der Waals surface area contributed by atoms with E-state index in [9.17, 15) is 0 Å². The van der Waals surface area contributed by atoms with Gasteiger partial charge in [0.1, 0.15) is 0 Å². The van der Waals surface area contributed by atoms with Crippen molar-refractivity contribution >= 4 is 32.3 Å². The maximum absolute atomic E-state index is 4.42. The van der Waals surface area contributed by atoms with E-state index in [4.69, 9.17) is 0 Å². The van der Waals surface area contributed by atoms with E-state index in [0.29, 0.717) is 6.71 Å². The van der Waals surface area contributed by atoms with E-state index in [1.54, 1.807) is 0 Å². The zero-order valence-electron chi connectivity index (χ0n) is 26.4. The third-order valence-electron chi connectivity index (χ3n) is 9.13. The Morgan fingerprint density at radius 3 is 1.76 bits per heavy atom. The van der Waals surface area contributed by atoms with Crippen LogP contribution in [0.3, 0.4) is 0 Å². The van der Waals surface area contributed by atoms with Gasteiger partial charge >= 0.3 is 0 Å². The molecule has 5 aromatic carbocycles. The summed E-state index contributed by atoms with van der Waals surface area (Å²) in [7, 11) is -0.791. The molecule has 0 amide bonds. The average Bonchev–Trinajstić information content (AvgIpc) is 3.79. The van der Waals surface area contributed by atoms with E-state index < -0.39 is 9.52 Å². The van der Waals surface area contributed by atoms with Crippen LogP contribution in [-0.2, 0) is 11.6 Å². The molecule has 1 saturated carbocycles. The van der Waals surface area contributed by atoms with Gasteiger partial charge in [0, 0.05) is 12.4 Å². The number of benzene rings is 5. The van der Waals surface area contributed by atoms with Crippen molar-refractivity contribution in [1.82, 2.24) is 9.55 Å². The van der Waals surface area contributed by atoms with Crippen LogP contribution in [0.1, 0.15) is 49.3 Å². The highest BCUT2D eigenvalue weighted by atomic mass is 28.2. The number of unbranched alkanes of at least 4 members (excludes halogenated alkanes) is 1. The molecule has 7 rings (SSSR count). The van der Waals surface area contributed by atoms with Gasteiger partial charge in [0.15, 0.2) is 0 Å². The highest BCUT2D eigenvalue weighted by molar-refractivity contribution is 6.86. The lowest BCUT2D eigenvalue weighted by Gasteiger charge is -2.37. The molecule has 1 fully saturated rings. The van der Waals surface area contributed by atoms with Gasteiger partial charge in [-0.25, -0.2) is 4.98 Å². The first-order valence-corrected chi connectivity index (χ1v) is 18.0. The van der Waals surface area contributed by atoms with Crippen LogP contribution in [-0.4, -0.2) is 25.8 Å². The largest absolute Gasteiger partial charge is 0.326 e. The first-order valence-electron chi connectivity index (χ1n) is 16.5. The maximum atomic E-state index is 4.42. The summed E-state index contributed by atoms with van der Waals surface area (Å²) in [5.41, 5.74) is 7.05. The molecule has 0 spiro atoms. The number of aromatic nitrogens is 2. The molecule has 1 aliphatic carbocycles. The smallest absolute Gasteiger partial charge is 0.212 e. The van der Waals surface area contributed by atoms with Crippen molar-refractivity contribution < 1.29 is 0 Å². The van der Waals surface area contributed by atoms with Crippen molar-refractivity contribution in [2.75, 3.05) is 0 Å². The van der Waals surface area contributed by atoms with Crippen molar-refractivity contribution in [2.24, 2.45) is 0 Å². The molecule has 45 heavy (non-hydrogen) atoms. The number of aryl methyl sites for hydroxylation is 1. The molecular weight excluding hydrogens is 559 g/mol. The van der Waals surface area contributed by atoms with Crippen LogP contribution in [0.4, 0.5) is 0 Å². The van der Waals surface area contributed by atoms with Gasteiger partial charge in [-0.2, -0.15) is 0 Å². The number of rotatable bonds is 11. The van der Waals surface area contributed by atoms with Gasteiger partial charge in [-0.3, -0.25) is 0 Å². The topological polar surface area (TPSA) is 17.8 Å². The molecule has 1 aromatic heterocycles. The molecule has 0 atom stereocenters. The Hall–Kier alpha value is -4.41. The second-order valence-electron chi connectivity index (χ2n) is 12.3. The van der Waals surface area contributed by atoms with Crippen molar-refractivity contribution in [3.63, 3.8) is 0 Å². The Bertz CT molecular complexity index is 1620. The molecule has 4 heteroatoms. The van der Waals surface area contributed by atoms with Gasteiger partial charge < -0.3 is 4.57 Å². The molecular formula is C41H43BN2Si. The molecule has 6 aromatic rings. The highest BCUT2D eigenvalue weighted by Crippen LogP contribution is 2.38. The molecule has 0 unspecified atom stereocenters. The molecule has 224 valence electrons. The first-order chi connectivity index (χ1) is 22.3. The SMILES string of the molecule is CCCCc1cccc([SiH2]C(c2ccccc2)(c2ccccc2)n2ccnc2)c1.c1ccc(B(c2ccccc2)C2CC2)cc1. The minimum absolute atomic E-state index is 0.206. The van der Waals surface area contributed by atoms with Crippen molar-refractivity contribution in [3.8, 4) is 0 Å². The van der Waals surface area contributed by atoms with E-state index in [0.717, 1.165) is 12.2 Å². The van der Waals surface area contributed by atoms with Gasteiger partial charge in [-0.15, -0.1) is 0 Å². The van der Waals surface area contributed by atoms with Crippen molar-refractivity contribution in [1.29, 1.82) is 0 Å². The highest BCUT2D eigenvalue weighted by Gasteiger charge is 2.37. The Kier molecular flexibility index (Phi) is 10.2. The van der Waals surface area contributed by atoms with Crippen LogP contribution in [0, 0.1) is 0 Å². The number of hydrogen-bond donors (Lipinski definition) is 0. The zero-order valence-corrected chi connectivity index (χ0v) is 27.8. The van der Waals surface area contributed by atoms with Gasteiger partial charge in [0.2, 0.25) is 6.71 Å². The van der Waals surface area contributed by atoms with E-state index in [-0.39, 0.29) is 5.16 Å². The predicted octanol–water partition coefficient (Wildman–Crippen LogP) is 6.93. The third-order valence-corrected chi connectivity index (χ3v) is 11.7. The van der Waals surface area contributed by atoms with E-state index >= 15 is 0 Å². The van der Waals surface area contributed by atoms with E-state index in [2.05, 4.69) is 168 Å². The molecule has 0 radical (unpaired) electrons. The average molecular weight is 603 g/mol. The summed E-state index contributed by atoms with van der Waals surface area (Å²) < 4.78 is 2.32. The quantitative estimate of drug-likeness (QED) is 0.147. The summed E-state index contributed by atoms with van der Waals surface area (Å²) in [5.74, 6) is 0.866. The summed E-state index contributed by atoms with van der Waals surface area (Å²) in [4.78, 5) is 4.42. The predicted molar refractivity (Wildman–Crippen MR) is 195 cm³/mol. The normalized spacial score (nSPS) is 12.9. The molecule has 2 nitrogen and oxygen atoms in total. The fraction of sp³-hybridized carbons (Fsp3) is 0.195. The van der Waals surface area contributed by atoms with Crippen molar-refractivity contribution in [3.05, 3.63) is 181 Å². The first kappa shape index (κ1) is 30.6. The van der Waals surface area contributed by atoms with Crippen LogP contribution >= 0.6 is 0 Å². The zero-order chi connectivity index (χ0) is 30.7. The lowest BCUT2D eigenvalue weighted by atomic mass is 9.37. The van der Waals surface area contributed by atoms with Gasteiger partial charge in [0.25, 0.3) is 0 Å². The summed E-state index contributed by atoms with van der Waals surface area (Å²) in [5, 5.41) is 1.28. The van der Waals surface area contributed by atoms with Crippen LogP contribution in [0.25, 0.3) is 0 Å². The Balaban J connectivity index is 0.000000187. The third kappa shape index (κ3) is 7.46. The van der Waals surface area contributed by atoms with E-state index in [1.807, 2.05) is 12.5 Å². The molecule has 1 heterocycles. The second-order valence-corrected chi connectivity index (χ2v) is 14.5. The lowest BCUT2D eigenvalue weighted by Crippen LogP contribution is -2.46. The lowest BCUT2D eigenvalue weighted by molar-refractivity contribution is 0.596. The minimum atomic E-state index is -0.791. The van der Waals surface area contributed by atoms with Crippen molar-refractivity contribution in [2.45, 2.75) is 50.0 Å². The molecule has 0 N–H and O–H groups in total. The second kappa shape index (κ2) is 15.1. The van der Waals surface area contributed by atoms with E-state index in [1.165, 1.54) is 58.5 Å².